The first-order valence-electron chi connectivity index (χ1n) is 8.28. The number of hydrogen-bond acceptors (Lipinski definition) is 5. The van der Waals surface area contributed by atoms with Crippen LogP contribution in [0, 0.1) is 5.82 Å². The van der Waals surface area contributed by atoms with E-state index in [9.17, 15) is 9.18 Å². The number of rotatable bonds is 6. The Morgan fingerprint density at radius 2 is 1.96 bits per heavy atom. The van der Waals surface area contributed by atoms with Crippen LogP contribution in [0.1, 0.15) is 19.4 Å². The minimum absolute atomic E-state index is 0.0172. The number of benzene rings is 2. The molecule has 0 atom stereocenters. The number of nitrogens with zero attached hydrogens (tertiary/aromatic N) is 1. The zero-order chi connectivity index (χ0) is 19.4. The summed E-state index contributed by atoms with van der Waals surface area (Å²) in [5, 5.41) is 3.74. The van der Waals surface area contributed by atoms with Gasteiger partial charge in [-0.05, 0) is 61.8 Å². The zero-order valence-corrected chi connectivity index (χ0v) is 15.6. The summed E-state index contributed by atoms with van der Waals surface area (Å²) in [6.45, 7) is 3.77. The molecule has 0 aliphatic carbocycles. The summed E-state index contributed by atoms with van der Waals surface area (Å²) in [7, 11) is 0. The minimum atomic E-state index is -0.360. The van der Waals surface area contributed by atoms with E-state index in [0.29, 0.717) is 22.1 Å². The third kappa shape index (κ3) is 4.73. The number of aromatic amines is 1. The maximum absolute atomic E-state index is 13.2. The number of nitrogens with two attached hydrogens (primary N) is 1. The Morgan fingerprint density at radius 1 is 1.22 bits per heavy atom. The predicted molar refractivity (Wildman–Crippen MR) is 107 cm³/mol. The van der Waals surface area contributed by atoms with Gasteiger partial charge in [-0.3, -0.25) is 14.2 Å². The van der Waals surface area contributed by atoms with Gasteiger partial charge in [-0.25, -0.2) is 4.39 Å². The van der Waals surface area contributed by atoms with E-state index in [2.05, 4.69) is 14.7 Å². The fourth-order valence-electron chi connectivity index (χ4n) is 2.37. The number of ether oxygens (including phenoxy) is 1. The Balaban J connectivity index is 1.77. The Labute approximate surface area is 159 Å². The van der Waals surface area contributed by atoms with Crippen molar-refractivity contribution in [3.63, 3.8) is 0 Å². The van der Waals surface area contributed by atoms with Crippen LogP contribution in [0.15, 0.2) is 58.3 Å². The van der Waals surface area contributed by atoms with Crippen molar-refractivity contribution in [3.8, 4) is 11.5 Å². The SMILES string of the molecule is CC(C)N=C(N)c1c(Nc2ccc(Oc3cccc(F)c3)cc2)s[nH]c1=O. The number of nitrogens with one attached hydrogen (secondary N) is 2. The van der Waals surface area contributed by atoms with Gasteiger partial charge in [0, 0.05) is 17.8 Å². The van der Waals surface area contributed by atoms with Gasteiger partial charge in [-0.15, -0.1) is 0 Å². The van der Waals surface area contributed by atoms with Gasteiger partial charge in [0.05, 0.1) is 0 Å². The van der Waals surface area contributed by atoms with Gasteiger partial charge >= 0.3 is 0 Å². The smallest absolute Gasteiger partial charge is 0.271 e. The molecule has 0 amide bonds. The number of hydrogen-bond donors (Lipinski definition) is 3. The second-order valence-corrected chi connectivity index (χ2v) is 6.87. The number of halogens is 1. The van der Waals surface area contributed by atoms with Crippen molar-refractivity contribution >= 4 is 28.1 Å². The van der Waals surface area contributed by atoms with Gasteiger partial charge in [-0.1, -0.05) is 6.07 Å². The van der Waals surface area contributed by atoms with Crippen molar-refractivity contribution in [2.24, 2.45) is 10.7 Å². The van der Waals surface area contributed by atoms with Gasteiger partial charge in [-0.2, -0.15) is 0 Å². The first-order chi connectivity index (χ1) is 12.9. The fraction of sp³-hybridized carbons (Fsp3) is 0.158. The second-order valence-electron chi connectivity index (χ2n) is 6.05. The van der Waals surface area contributed by atoms with Crippen molar-refractivity contribution in [1.29, 1.82) is 0 Å². The van der Waals surface area contributed by atoms with Crippen LogP contribution < -0.4 is 21.3 Å². The molecule has 0 bridgehead atoms. The molecular formula is C19H19FN4O2S. The summed E-state index contributed by atoms with van der Waals surface area (Å²) in [4.78, 5) is 16.3. The number of amidine groups is 1. The van der Waals surface area contributed by atoms with E-state index in [-0.39, 0.29) is 23.3 Å². The van der Waals surface area contributed by atoms with Gasteiger partial charge in [0.25, 0.3) is 5.56 Å². The van der Waals surface area contributed by atoms with Crippen molar-refractivity contribution in [3.05, 3.63) is 70.3 Å². The molecule has 4 N–H and O–H groups in total. The normalized spacial score (nSPS) is 11.6. The predicted octanol–water partition coefficient (Wildman–Crippen LogP) is 4.23. The van der Waals surface area contributed by atoms with Crippen LogP contribution in [-0.4, -0.2) is 16.3 Å². The maximum Gasteiger partial charge on any atom is 0.271 e. The average molecular weight is 386 g/mol. The van der Waals surface area contributed by atoms with Crippen LogP contribution in [0.3, 0.4) is 0 Å². The zero-order valence-electron chi connectivity index (χ0n) is 14.8. The Kier molecular flexibility index (Phi) is 5.56. The van der Waals surface area contributed by atoms with Crippen LogP contribution in [0.5, 0.6) is 11.5 Å². The third-order valence-corrected chi connectivity index (χ3v) is 4.30. The highest BCUT2D eigenvalue weighted by atomic mass is 32.1. The second kappa shape index (κ2) is 8.05. The van der Waals surface area contributed by atoms with E-state index in [1.807, 2.05) is 13.8 Å². The highest BCUT2D eigenvalue weighted by molar-refractivity contribution is 7.10. The maximum atomic E-state index is 13.2. The van der Waals surface area contributed by atoms with Crippen molar-refractivity contribution in [2.75, 3.05) is 5.32 Å². The lowest BCUT2D eigenvalue weighted by Gasteiger charge is -2.09. The van der Waals surface area contributed by atoms with Crippen LogP contribution in [0.25, 0.3) is 0 Å². The minimum Gasteiger partial charge on any atom is -0.457 e. The molecule has 1 aromatic heterocycles. The van der Waals surface area contributed by atoms with E-state index in [0.717, 1.165) is 17.2 Å². The van der Waals surface area contributed by atoms with Crippen LogP contribution in [0.2, 0.25) is 0 Å². The van der Waals surface area contributed by atoms with Gasteiger partial charge in [0.2, 0.25) is 0 Å². The lowest BCUT2D eigenvalue weighted by atomic mass is 10.2. The molecule has 2 aromatic carbocycles. The highest BCUT2D eigenvalue weighted by Crippen LogP contribution is 2.27. The molecule has 0 fully saturated rings. The molecular weight excluding hydrogens is 367 g/mol. The largest absolute Gasteiger partial charge is 0.457 e. The van der Waals surface area contributed by atoms with Gasteiger partial charge in [0.15, 0.2) is 0 Å². The molecule has 0 spiro atoms. The molecule has 8 heteroatoms. The van der Waals surface area contributed by atoms with Crippen molar-refractivity contribution in [1.82, 2.24) is 4.37 Å². The summed E-state index contributed by atoms with van der Waals surface area (Å²) in [5.74, 6) is 0.816. The van der Waals surface area contributed by atoms with Crippen LogP contribution in [-0.2, 0) is 0 Å². The number of aliphatic imine (C=N–C) groups is 1. The summed E-state index contributed by atoms with van der Waals surface area (Å²) < 4.78 is 21.5. The van der Waals surface area contributed by atoms with Crippen LogP contribution in [0.4, 0.5) is 15.1 Å². The molecule has 6 nitrogen and oxygen atoms in total. The van der Waals surface area contributed by atoms with Gasteiger partial charge < -0.3 is 15.8 Å². The number of H-pyrrole nitrogens is 1. The molecule has 3 rings (SSSR count). The third-order valence-electron chi connectivity index (χ3n) is 3.50. The van der Waals surface area contributed by atoms with E-state index >= 15 is 0 Å². The molecule has 0 radical (unpaired) electrons. The summed E-state index contributed by atoms with van der Waals surface area (Å²) >= 11 is 1.15. The molecule has 27 heavy (non-hydrogen) atoms. The lowest BCUT2D eigenvalue weighted by Crippen LogP contribution is -2.23. The molecule has 3 aromatic rings. The Bertz CT molecular complexity index is 1010. The van der Waals surface area contributed by atoms with E-state index in [1.165, 1.54) is 12.1 Å². The quantitative estimate of drug-likeness (QED) is 0.437. The molecule has 1 heterocycles. The summed E-state index contributed by atoms with van der Waals surface area (Å²) in [5.41, 5.74) is 6.76. The molecule has 140 valence electrons. The standard InChI is InChI=1S/C19H19FN4O2S/c1-11(2)22-17(21)16-18(25)24-27-19(16)23-13-6-8-14(9-7-13)26-15-5-3-4-12(20)10-15/h3-11,23H,1-2H3,(H2,21,22)(H,24,25). The van der Waals surface area contributed by atoms with Crippen molar-refractivity contribution in [2.45, 2.75) is 19.9 Å². The molecule has 0 saturated heterocycles. The first kappa shape index (κ1) is 18.7. The number of aromatic nitrogens is 1. The molecule has 0 saturated carbocycles. The van der Waals surface area contributed by atoms with E-state index in [4.69, 9.17) is 10.5 Å². The fourth-order valence-corrected chi connectivity index (χ4v) is 3.13. The number of anilines is 2. The van der Waals surface area contributed by atoms with Gasteiger partial charge in [0.1, 0.15) is 33.7 Å². The van der Waals surface area contributed by atoms with Crippen LogP contribution >= 0.6 is 11.5 Å². The van der Waals surface area contributed by atoms with E-state index < -0.39 is 0 Å². The topological polar surface area (TPSA) is 92.5 Å². The molecule has 0 unspecified atom stereocenters. The first-order valence-corrected chi connectivity index (χ1v) is 9.09. The Morgan fingerprint density at radius 3 is 2.63 bits per heavy atom. The average Bonchev–Trinajstić information content (AvgIpc) is 2.96. The van der Waals surface area contributed by atoms with E-state index in [1.54, 1.807) is 36.4 Å². The highest BCUT2D eigenvalue weighted by Gasteiger charge is 2.15. The van der Waals surface area contributed by atoms with Crippen molar-refractivity contribution < 1.29 is 9.13 Å². The molecule has 0 aliphatic rings. The summed E-state index contributed by atoms with van der Waals surface area (Å²) in [6.07, 6.45) is 0. The monoisotopic (exact) mass is 386 g/mol. The Hall–Kier alpha value is -3.13. The summed E-state index contributed by atoms with van der Waals surface area (Å²) in [6, 6.07) is 13.0. The lowest BCUT2D eigenvalue weighted by molar-refractivity contribution is 0.477. The molecule has 0 aliphatic heterocycles.